The summed E-state index contributed by atoms with van der Waals surface area (Å²) in [6.45, 7) is 0.136. The van der Waals surface area contributed by atoms with E-state index in [0.29, 0.717) is 11.4 Å². The molecule has 6 heteroatoms. The summed E-state index contributed by atoms with van der Waals surface area (Å²) in [5.74, 6) is 0.571. The van der Waals surface area contributed by atoms with Gasteiger partial charge in [-0.2, -0.15) is 0 Å². The Kier molecular flexibility index (Phi) is 4.60. The SMILES string of the molecule is O=S(=O)(Nc1ccc(OCCO)cc1)c1ccccc1. The molecule has 2 aromatic carbocycles. The van der Waals surface area contributed by atoms with Crippen LogP contribution in [-0.4, -0.2) is 26.7 Å². The molecule has 2 aromatic rings. The lowest BCUT2D eigenvalue weighted by Gasteiger charge is -2.09. The Bertz CT molecular complexity index is 639. The van der Waals surface area contributed by atoms with Gasteiger partial charge < -0.3 is 9.84 Å². The number of hydrogen-bond donors (Lipinski definition) is 2. The summed E-state index contributed by atoms with van der Waals surface area (Å²) in [6.07, 6.45) is 0. The fraction of sp³-hybridized carbons (Fsp3) is 0.143. The van der Waals surface area contributed by atoms with E-state index in [9.17, 15) is 8.42 Å². The zero-order valence-corrected chi connectivity index (χ0v) is 11.5. The molecule has 0 radical (unpaired) electrons. The zero-order valence-electron chi connectivity index (χ0n) is 10.7. The van der Waals surface area contributed by atoms with Gasteiger partial charge in [0.25, 0.3) is 10.0 Å². The normalized spacial score (nSPS) is 11.1. The van der Waals surface area contributed by atoms with Crippen LogP contribution >= 0.6 is 0 Å². The van der Waals surface area contributed by atoms with Crippen molar-refractivity contribution in [2.75, 3.05) is 17.9 Å². The molecule has 20 heavy (non-hydrogen) atoms. The highest BCUT2D eigenvalue weighted by Gasteiger charge is 2.13. The van der Waals surface area contributed by atoms with Crippen LogP contribution in [0.4, 0.5) is 5.69 Å². The average molecular weight is 293 g/mol. The van der Waals surface area contributed by atoms with Crippen molar-refractivity contribution in [3.05, 3.63) is 54.6 Å². The minimum Gasteiger partial charge on any atom is -0.491 e. The van der Waals surface area contributed by atoms with E-state index >= 15 is 0 Å². The highest BCUT2D eigenvalue weighted by atomic mass is 32.2. The Morgan fingerprint density at radius 1 is 1.00 bits per heavy atom. The molecule has 0 bridgehead atoms. The molecule has 0 aliphatic carbocycles. The molecule has 0 saturated carbocycles. The Balaban J connectivity index is 2.10. The Morgan fingerprint density at radius 2 is 1.65 bits per heavy atom. The van der Waals surface area contributed by atoms with Crippen molar-refractivity contribution in [3.8, 4) is 5.75 Å². The summed E-state index contributed by atoms with van der Waals surface area (Å²) < 4.78 is 31.8. The number of anilines is 1. The maximum absolute atomic E-state index is 12.1. The lowest BCUT2D eigenvalue weighted by atomic mass is 10.3. The van der Waals surface area contributed by atoms with E-state index < -0.39 is 10.0 Å². The summed E-state index contributed by atoms with van der Waals surface area (Å²) in [7, 11) is -3.57. The summed E-state index contributed by atoms with van der Waals surface area (Å²) in [5, 5.41) is 8.64. The number of aliphatic hydroxyl groups excluding tert-OH is 1. The molecule has 0 unspecified atom stereocenters. The van der Waals surface area contributed by atoms with E-state index in [0.717, 1.165) is 0 Å². The van der Waals surface area contributed by atoms with Crippen molar-refractivity contribution in [1.82, 2.24) is 0 Å². The van der Waals surface area contributed by atoms with Crippen molar-refractivity contribution >= 4 is 15.7 Å². The van der Waals surface area contributed by atoms with Gasteiger partial charge in [0.05, 0.1) is 11.5 Å². The molecule has 0 aliphatic rings. The van der Waals surface area contributed by atoms with Crippen LogP contribution in [0.2, 0.25) is 0 Å². The average Bonchev–Trinajstić information content (AvgIpc) is 2.47. The third-order valence-corrected chi connectivity index (χ3v) is 3.92. The number of benzene rings is 2. The van der Waals surface area contributed by atoms with Gasteiger partial charge in [-0.1, -0.05) is 18.2 Å². The molecule has 0 aromatic heterocycles. The van der Waals surface area contributed by atoms with E-state index in [2.05, 4.69) is 4.72 Å². The standard InChI is InChI=1S/C14H15NO4S/c16-10-11-19-13-8-6-12(7-9-13)15-20(17,18)14-4-2-1-3-5-14/h1-9,15-16H,10-11H2. The van der Waals surface area contributed by atoms with Gasteiger partial charge in [-0.15, -0.1) is 0 Å². The van der Waals surface area contributed by atoms with Crippen LogP contribution in [0.5, 0.6) is 5.75 Å². The second kappa shape index (κ2) is 6.40. The summed E-state index contributed by atoms with van der Waals surface area (Å²) in [4.78, 5) is 0.209. The molecule has 0 atom stereocenters. The van der Waals surface area contributed by atoms with Crippen molar-refractivity contribution in [2.45, 2.75) is 4.90 Å². The second-order valence-electron chi connectivity index (χ2n) is 4.01. The van der Waals surface area contributed by atoms with Gasteiger partial charge in [-0.25, -0.2) is 8.42 Å². The molecular formula is C14H15NO4S. The Morgan fingerprint density at radius 3 is 2.25 bits per heavy atom. The minimum atomic E-state index is -3.57. The number of aliphatic hydroxyl groups is 1. The van der Waals surface area contributed by atoms with E-state index in [1.807, 2.05) is 0 Å². The quantitative estimate of drug-likeness (QED) is 0.852. The maximum Gasteiger partial charge on any atom is 0.261 e. The summed E-state index contributed by atoms with van der Waals surface area (Å²) >= 11 is 0. The van der Waals surface area contributed by atoms with Crippen molar-refractivity contribution in [3.63, 3.8) is 0 Å². The first-order valence-corrected chi connectivity index (χ1v) is 7.52. The number of hydrogen-bond acceptors (Lipinski definition) is 4. The number of sulfonamides is 1. The molecule has 0 spiro atoms. The molecule has 0 fully saturated rings. The van der Waals surface area contributed by atoms with Crippen LogP contribution in [0.25, 0.3) is 0 Å². The van der Waals surface area contributed by atoms with Crippen LogP contribution in [0, 0.1) is 0 Å². The van der Waals surface area contributed by atoms with E-state index in [1.54, 1.807) is 42.5 Å². The molecule has 2 N–H and O–H groups in total. The topological polar surface area (TPSA) is 75.6 Å². The van der Waals surface area contributed by atoms with Gasteiger partial charge in [0, 0.05) is 5.69 Å². The van der Waals surface area contributed by atoms with E-state index in [1.165, 1.54) is 12.1 Å². The predicted octanol–water partition coefficient (Wildman–Crippen LogP) is 1.86. The largest absolute Gasteiger partial charge is 0.491 e. The molecule has 5 nitrogen and oxygen atoms in total. The Labute approximate surface area is 117 Å². The van der Waals surface area contributed by atoms with Crippen LogP contribution in [0.1, 0.15) is 0 Å². The number of rotatable bonds is 6. The second-order valence-corrected chi connectivity index (χ2v) is 5.70. The first-order chi connectivity index (χ1) is 9.62. The van der Waals surface area contributed by atoms with Gasteiger partial charge in [-0.3, -0.25) is 4.72 Å². The summed E-state index contributed by atoms with van der Waals surface area (Å²) in [6, 6.07) is 14.6. The first kappa shape index (κ1) is 14.4. The maximum atomic E-state index is 12.1. The fourth-order valence-electron chi connectivity index (χ4n) is 1.60. The third kappa shape index (κ3) is 3.72. The molecule has 0 saturated heterocycles. The minimum absolute atomic E-state index is 0.0671. The first-order valence-electron chi connectivity index (χ1n) is 6.03. The number of nitrogens with one attached hydrogen (secondary N) is 1. The van der Waals surface area contributed by atoms with Crippen LogP contribution in [0.15, 0.2) is 59.5 Å². The van der Waals surface area contributed by atoms with Crippen LogP contribution < -0.4 is 9.46 Å². The monoisotopic (exact) mass is 293 g/mol. The van der Waals surface area contributed by atoms with Crippen LogP contribution in [0.3, 0.4) is 0 Å². The van der Waals surface area contributed by atoms with Crippen LogP contribution in [-0.2, 0) is 10.0 Å². The summed E-state index contributed by atoms with van der Waals surface area (Å²) in [5.41, 5.74) is 0.449. The van der Waals surface area contributed by atoms with Crippen molar-refractivity contribution in [1.29, 1.82) is 0 Å². The highest BCUT2D eigenvalue weighted by molar-refractivity contribution is 7.92. The Hall–Kier alpha value is -2.05. The van der Waals surface area contributed by atoms with Crippen molar-refractivity contribution < 1.29 is 18.3 Å². The van der Waals surface area contributed by atoms with Gasteiger partial charge in [-0.05, 0) is 36.4 Å². The zero-order chi connectivity index (χ0) is 14.4. The van der Waals surface area contributed by atoms with Gasteiger partial charge in [0.1, 0.15) is 12.4 Å². The molecule has 106 valence electrons. The molecular weight excluding hydrogens is 278 g/mol. The van der Waals surface area contributed by atoms with Crippen molar-refractivity contribution in [2.24, 2.45) is 0 Å². The molecule has 0 amide bonds. The molecule has 0 aliphatic heterocycles. The lowest BCUT2D eigenvalue weighted by Crippen LogP contribution is -2.12. The van der Waals surface area contributed by atoms with Gasteiger partial charge >= 0.3 is 0 Å². The van der Waals surface area contributed by atoms with Gasteiger partial charge in [0.2, 0.25) is 0 Å². The smallest absolute Gasteiger partial charge is 0.261 e. The van der Waals surface area contributed by atoms with E-state index in [4.69, 9.17) is 9.84 Å². The lowest BCUT2D eigenvalue weighted by molar-refractivity contribution is 0.201. The predicted molar refractivity (Wildman–Crippen MR) is 76.3 cm³/mol. The highest BCUT2D eigenvalue weighted by Crippen LogP contribution is 2.19. The van der Waals surface area contributed by atoms with E-state index in [-0.39, 0.29) is 18.1 Å². The molecule has 0 heterocycles. The fourth-order valence-corrected chi connectivity index (χ4v) is 2.68. The third-order valence-electron chi connectivity index (χ3n) is 2.52. The van der Waals surface area contributed by atoms with Gasteiger partial charge in [0.15, 0.2) is 0 Å². The molecule has 2 rings (SSSR count). The number of ether oxygens (including phenoxy) is 1.